The van der Waals surface area contributed by atoms with Crippen molar-refractivity contribution in [2.45, 2.75) is 23.9 Å². The molecule has 5 nitrogen and oxygen atoms in total. The maximum atomic E-state index is 13.6. The van der Waals surface area contributed by atoms with E-state index >= 15 is 0 Å². The standard InChI is InChI=1S/C20H17F2N3O2S/c21-15-7-5-13(6-8-15)12-28-20-24-16(10-19(27)25-20)9-18(26)23-11-14-3-1-2-4-17(14)22/h1-8,10H,9,11-12H2,(H,23,26)(H,24,25,27). The molecule has 3 rings (SSSR count). The van der Waals surface area contributed by atoms with Crippen LogP contribution in [0.25, 0.3) is 0 Å². The normalized spacial score (nSPS) is 10.6. The van der Waals surface area contributed by atoms with Crippen molar-refractivity contribution in [2.75, 3.05) is 0 Å². The average molecular weight is 401 g/mol. The molecule has 3 aromatic rings. The van der Waals surface area contributed by atoms with Crippen molar-refractivity contribution < 1.29 is 13.6 Å². The number of hydrogen-bond acceptors (Lipinski definition) is 4. The van der Waals surface area contributed by atoms with Crippen molar-refractivity contribution in [3.63, 3.8) is 0 Å². The van der Waals surface area contributed by atoms with Crippen LogP contribution in [0.15, 0.2) is 64.5 Å². The molecule has 2 N–H and O–H groups in total. The Hall–Kier alpha value is -3.00. The zero-order valence-corrected chi connectivity index (χ0v) is 15.6. The first-order valence-corrected chi connectivity index (χ1v) is 9.46. The van der Waals surface area contributed by atoms with Crippen LogP contribution in [0.1, 0.15) is 16.8 Å². The zero-order valence-electron chi connectivity index (χ0n) is 14.7. The number of amides is 1. The molecule has 8 heteroatoms. The molecular formula is C20H17F2N3O2S. The molecule has 0 unspecified atom stereocenters. The second-order valence-corrected chi connectivity index (χ2v) is 6.97. The summed E-state index contributed by atoms with van der Waals surface area (Å²) < 4.78 is 26.5. The van der Waals surface area contributed by atoms with Gasteiger partial charge in [0.05, 0.1) is 12.1 Å². The van der Waals surface area contributed by atoms with Crippen LogP contribution in [0.5, 0.6) is 0 Å². The molecule has 0 bridgehead atoms. The molecule has 0 aliphatic heterocycles. The van der Waals surface area contributed by atoms with Gasteiger partial charge in [0.2, 0.25) is 5.91 Å². The van der Waals surface area contributed by atoms with Crippen molar-refractivity contribution in [2.24, 2.45) is 0 Å². The first-order valence-electron chi connectivity index (χ1n) is 8.47. The summed E-state index contributed by atoms with van der Waals surface area (Å²) in [6, 6.07) is 13.5. The van der Waals surface area contributed by atoms with E-state index in [1.165, 1.54) is 36.0 Å². The summed E-state index contributed by atoms with van der Waals surface area (Å²) >= 11 is 1.28. The number of rotatable bonds is 7. The smallest absolute Gasteiger partial charge is 0.251 e. The number of benzene rings is 2. The molecule has 28 heavy (non-hydrogen) atoms. The van der Waals surface area contributed by atoms with Crippen molar-refractivity contribution in [1.29, 1.82) is 0 Å². The summed E-state index contributed by atoms with van der Waals surface area (Å²) in [5.41, 5.74) is 1.21. The van der Waals surface area contributed by atoms with Crippen molar-refractivity contribution >= 4 is 17.7 Å². The summed E-state index contributed by atoms with van der Waals surface area (Å²) in [4.78, 5) is 30.8. The maximum Gasteiger partial charge on any atom is 0.251 e. The third kappa shape index (κ3) is 5.75. The SMILES string of the molecule is O=C(Cc1cc(=O)[nH]c(SCc2ccc(F)cc2)n1)NCc1ccccc1F. The second-order valence-electron chi connectivity index (χ2n) is 6.00. The number of H-pyrrole nitrogens is 1. The Balaban J connectivity index is 1.59. The van der Waals surface area contributed by atoms with Crippen LogP contribution in [0.2, 0.25) is 0 Å². The summed E-state index contributed by atoms with van der Waals surface area (Å²) in [5, 5.41) is 2.99. The van der Waals surface area contributed by atoms with Gasteiger partial charge in [-0.2, -0.15) is 0 Å². The Kier molecular flexibility index (Phi) is 6.54. The van der Waals surface area contributed by atoms with E-state index in [-0.39, 0.29) is 30.2 Å². The molecule has 0 atom stereocenters. The van der Waals surface area contributed by atoms with Gasteiger partial charge in [0.1, 0.15) is 11.6 Å². The predicted octanol–water partition coefficient (Wildman–Crippen LogP) is 3.20. The number of thioether (sulfide) groups is 1. The van der Waals surface area contributed by atoms with Gasteiger partial charge in [-0.25, -0.2) is 13.8 Å². The first kappa shape index (κ1) is 19.8. The summed E-state index contributed by atoms with van der Waals surface area (Å²) in [6.07, 6.45) is -0.0948. The summed E-state index contributed by atoms with van der Waals surface area (Å²) in [5.74, 6) is -0.581. The molecule has 1 aromatic heterocycles. The molecule has 1 amide bonds. The van der Waals surface area contributed by atoms with E-state index in [0.29, 0.717) is 22.2 Å². The predicted molar refractivity (Wildman–Crippen MR) is 103 cm³/mol. The van der Waals surface area contributed by atoms with Crippen LogP contribution in [0.3, 0.4) is 0 Å². The van der Waals surface area contributed by atoms with Gasteiger partial charge in [-0.05, 0) is 23.8 Å². The van der Waals surface area contributed by atoms with Crippen molar-refractivity contribution in [3.8, 4) is 0 Å². The number of nitrogens with one attached hydrogen (secondary N) is 2. The number of carbonyl (C=O) groups excluding carboxylic acids is 1. The fourth-order valence-corrected chi connectivity index (χ4v) is 3.29. The molecule has 2 aromatic carbocycles. The Morgan fingerprint density at radius 1 is 1.11 bits per heavy atom. The van der Waals surface area contributed by atoms with Gasteiger partial charge >= 0.3 is 0 Å². The molecule has 0 saturated heterocycles. The second kappa shape index (κ2) is 9.27. The van der Waals surface area contributed by atoms with Gasteiger partial charge in [-0.3, -0.25) is 9.59 Å². The van der Waals surface area contributed by atoms with E-state index in [9.17, 15) is 18.4 Å². The molecule has 0 radical (unpaired) electrons. The number of nitrogens with zero attached hydrogens (tertiary/aromatic N) is 1. The number of aromatic nitrogens is 2. The minimum absolute atomic E-state index is 0.0564. The molecule has 0 aliphatic rings. The van der Waals surface area contributed by atoms with Gasteiger partial charge in [-0.15, -0.1) is 0 Å². The fraction of sp³-hybridized carbons (Fsp3) is 0.150. The van der Waals surface area contributed by atoms with Gasteiger partial charge in [0.25, 0.3) is 5.56 Å². The van der Waals surface area contributed by atoms with E-state index in [0.717, 1.165) is 5.56 Å². The van der Waals surface area contributed by atoms with Crippen LogP contribution in [0.4, 0.5) is 8.78 Å². The van der Waals surface area contributed by atoms with Gasteiger partial charge < -0.3 is 10.3 Å². The molecular weight excluding hydrogens is 384 g/mol. The highest BCUT2D eigenvalue weighted by Gasteiger charge is 2.09. The highest BCUT2D eigenvalue weighted by molar-refractivity contribution is 7.98. The third-order valence-electron chi connectivity index (χ3n) is 3.84. The lowest BCUT2D eigenvalue weighted by molar-refractivity contribution is -0.120. The Labute approximate surface area is 164 Å². The highest BCUT2D eigenvalue weighted by Crippen LogP contribution is 2.18. The monoisotopic (exact) mass is 401 g/mol. The Morgan fingerprint density at radius 3 is 2.61 bits per heavy atom. The van der Waals surface area contributed by atoms with E-state index < -0.39 is 5.82 Å². The quantitative estimate of drug-likeness (QED) is 0.471. The first-order chi connectivity index (χ1) is 13.5. The lowest BCUT2D eigenvalue weighted by Crippen LogP contribution is -2.26. The molecule has 0 aliphatic carbocycles. The average Bonchev–Trinajstić information content (AvgIpc) is 2.66. The van der Waals surface area contributed by atoms with Gasteiger partial charge in [0, 0.05) is 23.9 Å². The van der Waals surface area contributed by atoms with E-state index in [4.69, 9.17) is 0 Å². The number of carbonyl (C=O) groups is 1. The molecule has 144 valence electrons. The van der Waals surface area contributed by atoms with Crippen LogP contribution >= 0.6 is 11.8 Å². The summed E-state index contributed by atoms with van der Waals surface area (Å²) in [6.45, 7) is 0.0564. The van der Waals surface area contributed by atoms with E-state index in [1.807, 2.05) is 0 Å². The lowest BCUT2D eigenvalue weighted by Gasteiger charge is -2.07. The zero-order chi connectivity index (χ0) is 19.9. The van der Waals surface area contributed by atoms with E-state index in [1.54, 1.807) is 30.3 Å². The lowest BCUT2D eigenvalue weighted by atomic mass is 10.2. The van der Waals surface area contributed by atoms with Crippen molar-refractivity contribution in [3.05, 3.63) is 93.4 Å². The Morgan fingerprint density at radius 2 is 1.86 bits per heavy atom. The number of aromatic amines is 1. The molecule has 1 heterocycles. The van der Waals surface area contributed by atoms with E-state index in [2.05, 4.69) is 15.3 Å². The third-order valence-corrected chi connectivity index (χ3v) is 4.78. The largest absolute Gasteiger partial charge is 0.352 e. The Bertz CT molecular complexity index is 1020. The fourth-order valence-electron chi connectivity index (χ4n) is 2.44. The van der Waals surface area contributed by atoms with Crippen LogP contribution in [-0.4, -0.2) is 15.9 Å². The minimum Gasteiger partial charge on any atom is -0.352 e. The maximum absolute atomic E-state index is 13.6. The number of hydrogen-bond donors (Lipinski definition) is 2. The van der Waals surface area contributed by atoms with Crippen LogP contribution in [-0.2, 0) is 23.5 Å². The molecule has 0 fully saturated rings. The minimum atomic E-state index is -0.392. The highest BCUT2D eigenvalue weighted by atomic mass is 32.2. The molecule has 0 spiro atoms. The van der Waals surface area contributed by atoms with Gasteiger partial charge in [-0.1, -0.05) is 42.1 Å². The molecule has 0 saturated carbocycles. The van der Waals surface area contributed by atoms with Crippen LogP contribution < -0.4 is 10.9 Å². The summed E-state index contributed by atoms with van der Waals surface area (Å²) in [7, 11) is 0. The van der Waals surface area contributed by atoms with Gasteiger partial charge in [0.15, 0.2) is 5.16 Å². The van der Waals surface area contributed by atoms with Crippen molar-refractivity contribution in [1.82, 2.24) is 15.3 Å². The topological polar surface area (TPSA) is 74.8 Å². The van der Waals surface area contributed by atoms with Crippen LogP contribution in [0, 0.1) is 11.6 Å². The number of halogens is 2.